The first-order valence-corrected chi connectivity index (χ1v) is 6.80. The fraction of sp³-hybridized carbons (Fsp3) is 0.700. The van der Waals surface area contributed by atoms with Crippen molar-refractivity contribution >= 4 is 8.80 Å². The summed E-state index contributed by atoms with van der Waals surface area (Å²) in [5, 5.41) is 8.24. The zero-order valence-electron chi connectivity index (χ0n) is 8.55. The van der Waals surface area contributed by atoms with Crippen LogP contribution < -0.4 is 0 Å². The highest BCUT2D eigenvalue weighted by Crippen LogP contribution is 1.99. The molecule has 0 heterocycles. The molecule has 0 aliphatic heterocycles. The Bertz CT molecular complexity index is 170. The Morgan fingerprint density at radius 2 is 2.08 bits per heavy atom. The predicted octanol–water partition coefficient (Wildman–Crippen LogP) is 2.55. The van der Waals surface area contributed by atoms with Crippen molar-refractivity contribution in [1.82, 2.24) is 0 Å². The second kappa shape index (κ2) is 9.49. The average Bonchev–Trinajstić information content (AvgIpc) is 2.17. The monoisotopic (exact) mass is 196 g/mol. The van der Waals surface area contributed by atoms with Crippen molar-refractivity contribution in [3.63, 3.8) is 0 Å². The maximum absolute atomic E-state index is 8.24. The van der Waals surface area contributed by atoms with Gasteiger partial charge in [0.05, 0.1) is 34.5 Å². The largest absolute Gasteiger partial charge is 0.376 e. The molecule has 0 aromatic carbocycles. The minimum atomic E-state index is -0.241. The molecule has 13 heavy (non-hydrogen) atoms. The summed E-state index contributed by atoms with van der Waals surface area (Å²) in [6, 6.07) is 4.62. The van der Waals surface area contributed by atoms with E-state index in [9.17, 15) is 0 Å². The molecule has 73 valence electrons. The van der Waals surface area contributed by atoms with E-state index >= 15 is 0 Å². The van der Waals surface area contributed by atoms with E-state index in [0.717, 1.165) is 0 Å². The lowest BCUT2D eigenvalue weighted by atomic mass is 10.5. The van der Waals surface area contributed by atoms with Gasteiger partial charge in [0.2, 0.25) is 0 Å². The van der Waals surface area contributed by atoms with Gasteiger partial charge in [-0.25, -0.2) is 0 Å². The number of hydrogen-bond acceptors (Lipinski definition) is 2. The molecular weight excluding hydrogens is 178 g/mol. The maximum atomic E-state index is 8.24. The number of ether oxygens (including phenoxy) is 1. The first-order chi connectivity index (χ1) is 6.35. The minimum Gasteiger partial charge on any atom is -0.376 e. The Kier molecular flexibility index (Phi) is 9.06. The van der Waals surface area contributed by atoms with E-state index in [1.807, 2.05) is 6.07 Å². The number of hydrogen-bond donors (Lipinski definition) is 0. The summed E-state index contributed by atoms with van der Waals surface area (Å²) >= 11 is 0. The number of nitrogens with zero attached hydrogens (tertiary/aromatic N) is 1. The van der Waals surface area contributed by atoms with Crippen LogP contribution in [0.2, 0.25) is 12.1 Å². The van der Waals surface area contributed by atoms with E-state index in [1.165, 1.54) is 12.1 Å². The van der Waals surface area contributed by atoms with Crippen LogP contribution in [0.25, 0.3) is 0 Å². The topological polar surface area (TPSA) is 33.0 Å². The summed E-state index contributed by atoms with van der Waals surface area (Å²) in [6.07, 6.45) is 2.59. The zero-order valence-corrected chi connectivity index (χ0v) is 9.55. The van der Waals surface area contributed by atoms with E-state index in [0.29, 0.717) is 19.6 Å². The fourth-order valence-electron chi connectivity index (χ4n) is 0.970. The lowest BCUT2D eigenvalue weighted by Gasteiger charge is -2.02. The molecule has 0 fully saturated rings. The van der Waals surface area contributed by atoms with Crippen LogP contribution >= 0.6 is 0 Å². The summed E-state index contributed by atoms with van der Waals surface area (Å²) in [6.45, 7) is 5.69. The van der Waals surface area contributed by atoms with Crippen LogP contribution in [0, 0.1) is 11.3 Å². The maximum Gasteiger partial charge on any atom is 0.0749 e. The lowest BCUT2D eigenvalue weighted by Crippen LogP contribution is -2.05. The highest BCUT2D eigenvalue weighted by molar-refractivity contribution is 6.64. The average molecular weight is 196 g/mol. The van der Waals surface area contributed by atoms with Crippen LogP contribution in [0.4, 0.5) is 0 Å². The van der Waals surface area contributed by atoms with Crippen LogP contribution in [0.1, 0.15) is 20.3 Å². The van der Waals surface area contributed by atoms with Gasteiger partial charge in [0.15, 0.2) is 0 Å². The molecule has 3 heteroatoms. The number of rotatable bonds is 7. The first-order valence-electron chi connectivity index (χ1n) is 4.81. The molecule has 0 aliphatic carbocycles. The van der Waals surface area contributed by atoms with Gasteiger partial charge in [0.25, 0.3) is 0 Å². The van der Waals surface area contributed by atoms with Gasteiger partial charge in [-0.2, -0.15) is 5.26 Å². The summed E-state index contributed by atoms with van der Waals surface area (Å²) in [5.74, 6) is 0. The SMILES string of the molecule is CC[Si](C=CCOCCC#N)CC. The van der Waals surface area contributed by atoms with Crippen LogP contribution in [-0.2, 0) is 4.74 Å². The van der Waals surface area contributed by atoms with E-state index in [1.54, 1.807) is 0 Å². The van der Waals surface area contributed by atoms with Gasteiger partial charge in [-0.3, -0.25) is 0 Å². The van der Waals surface area contributed by atoms with Crippen LogP contribution in [0.3, 0.4) is 0 Å². The van der Waals surface area contributed by atoms with Gasteiger partial charge in [-0.15, -0.1) is 0 Å². The molecule has 0 amide bonds. The molecule has 2 nitrogen and oxygen atoms in total. The summed E-state index contributed by atoms with van der Waals surface area (Å²) < 4.78 is 5.22. The van der Waals surface area contributed by atoms with E-state index in [-0.39, 0.29) is 8.80 Å². The van der Waals surface area contributed by atoms with Crippen molar-refractivity contribution in [2.24, 2.45) is 0 Å². The predicted molar refractivity (Wildman–Crippen MR) is 56.9 cm³/mol. The molecule has 0 aromatic rings. The molecule has 0 aromatic heterocycles. The number of nitriles is 1. The van der Waals surface area contributed by atoms with Gasteiger partial charge >= 0.3 is 0 Å². The minimum absolute atomic E-state index is 0.241. The third-order valence-corrected chi connectivity index (χ3v) is 4.36. The first kappa shape index (κ1) is 12.4. The van der Waals surface area contributed by atoms with Crippen molar-refractivity contribution in [3.8, 4) is 6.07 Å². The molecule has 0 N–H and O–H groups in total. The molecule has 0 aliphatic rings. The van der Waals surface area contributed by atoms with E-state index in [2.05, 4.69) is 25.6 Å². The molecule has 0 atom stereocenters. The zero-order chi connectivity index (χ0) is 9.94. The quantitative estimate of drug-likeness (QED) is 0.463. The van der Waals surface area contributed by atoms with E-state index in [4.69, 9.17) is 10.00 Å². The van der Waals surface area contributed by atoms with Crippen LogP contribution in [0.5, 0.6) is 0 Å². The summed E-state index contributed by atoms with van der Waals surface area (Å²) in [4.78, 5) is 0. The van der Waals surface area contributed by atoms with Crippen LogP contribution in [0.15, 0.2) is 11.8 Å². The third kappa shape index (κ3) is 7.76. The Balaban J connectivity index is 3.35. The Morgan fingerprint density at radius 3 is 2.62 bits per heavy atom. The van der Waals surface area contributed by atoms with Gasteiger partial charge < -0.3 is 4.74 Å². The molecule has 0 saturated carbocycles. The van der Waals surface area contributed by atoms with Crippen LogP contribution in [-0.4, -0.2) is 22.0 Å². The standard InChI is InChI=1S/C10H18NOSi/c1-3-13(4-2)10-6-9-12-8-5-7-11/h6,10H,3-5,8-9H2,1-2H3. The van der Waals surface area contributed by atoms with Crippen molar-refractivity contribution in [2.75, 3.05) is 13.2 Å². The highest BCUT2D eigenvalue weighted by Gasteiger charge is 1.98. The van der Waals surface area contributed by atoms with Gasteiger partial charge in [-0.05, 0) is 0 Å². The lowest BCUT2D eigenvalue weighted by molar-refractivity contribution is 0.168. The van der Waals surface area contributed by atoms with Gasteiger partial charge in [-0.1, -0.05) is 37.7 Å². The fourth-order valence-corrected chi connectivity index (χ4v) is 2.37. The van der Waals surface area contributed by atoms with Gasteiger partial charge in [0, 0.05) is 0 Å². The van der Waals surface area contributed by atoms with Crippen molar-refractivity contribution in [3.05, 3.63) is 11.8 Å². The third-order valence-electron chi connectivity index (χ3n) is 1.83. The van der Waals surface area contributed by atoms with E-state index < -0.39 is 0 Å². The molecule has 1 radical (unpaired) electrons. The Morgan fingerprint density at radius 1 is 1.38 bits per heavy atom. The normalized spacial score (nSPS) is 10.9. The molecular formula is C10H18NOSi. The highest BCUT2D eigenvalue weighted by atomic mass is 28.3. The summed E-state index contributed by atoms with van der Waals surface area (Å²) in [5.41, 5.74) is 2.30. The molecule has 0 saturated heterocycles. The van der Waals surface area contributed by atoms with Gasteiger partial charge in [0.1, 0.15) is 0 Å². The second-order valence-electron chi connectivity index (χ2n) is 2.75. The molecule has 0 spiro atoms. The Labute approximate surface area is 82.8 Å². The summed E-state index contributed by atoms with van der Waals surface area (Å²) in [7, 11) is -0.241. The van der Waals surface area contributed by atoms with Crippen molar-refractivity contribution < 1.29 is 4.74 Å². The van der Waals surface area contributed by atoms with Crippen molar-refractivity contribution in [2.45, 2.75) is 32.4 Å². The second-order valence-corrected chi connectivity index (χ2v) is 5.81. The smallest absolute Gasteiger partial charge is 0.0749 e. The molecule has 0 unspecified atom stereocenters. The molecule has 0 bridgehead atoms. The molecule has 0 rings (SSSR count). The van der Waals surface area contributed by atoms with Crippen molar-refractivity contribution in [1.29, 1.82) is 5.26 Å². The Hall–Kier alpha value is -0.593.